The predicted molar refractivity (Wildman–Crippen MR) is 101 cm³/mol. The number of aliphatic hydroxyl groups is 3. The van der Waals surface area contributed by atoms with Crippen molar-refractivity contribution in [1.82, 2.24) is 19.5 Å². The molecule has 1 fully saturated rings. The molecule has 1 aliphatic heterocycles. The number of aromatic nitrogens is 4. The molecule has 28 heavy (non-hydrogen) atoms. The van der Waals surface area contributed by atoms with Crippen molar-refractivity contribution >= 4 is 29.1 Å². The van der Waals surface area contributed by atoms with Crippen molar-refractivity contribution in [3.05, 3.63) is 18.5 Å². The van der Waals surface area contributed by atoms with Gasteiger partial charge in [0.1, 0.15) is 23.8 Å². The van der Waals surface area contributed by atoms with Gasteiger partial charge in [0.25, 0.3) is 0 Å². The normalized spacial score (nSPS) is 30.5. The topological polar surface area (TPSA) is 164 Å². The van der Waals surface area contributed by atoms with Gasteiger partial charge in [-0.2, -0.15) is 15.1 Å². The summed E-state index contributed by atoms with van der Waals surface area (Å²) in [4.78, 5) is 12.7. The minimum atomic E-state index is -1.25. The number of nitrogen functional groups attached to an aromatic ring is 1. The van der Waals surface area contributed by atoms with Crippen molar-refractivity contribution in [3.63, 3.8) is 0 Å². The first kappa shape index (κ1) is 18.7. The van der Waals surface area contributed by atoms with Crippen LogP contribution in [0, 0.1) is 5.92 Å². The molecule has 11 heteroatoms. The van der Waals surface area contributed by atoms with Crippen LogP contribution in [0.1, 0.15) is 25.5 Å². The zero-order chi connectivity index (χ0) is 19.7. The fourth-order valence-electron chi connectivity index (χ4n) is 3.44. The third kappa shape index (κ3) is 3.44. The maximum Gasteiger partial charge on any atom is 0.247 e. The largest absolute Gasteiger partial charge is 0.394 e. The van der Waals surface area contributed by atoms with Crippen LogP contribution < -0.4 is 11.2 Å². The summed E-state index contributed by atoms with van der Waals surface area (Å²) in [6, 6.07) is 0. The molecule has 2 unspecified atom stereocenters. The number of hydrazone groups is 1. The van der Waals surface area contributed by atoms with E-state index in [9.17, 15) is 15.3 Å². The first-order chi connectivity index (χ1) is 13.6. The highest BCUT2D eigenvalue weighted by Gasteiger charge is 2.44. The number of nitrogens with one attached hydrogen (secondary N) is 1. The van der Waals surface area contributed by atoms with Crippen molar-refractivity contribution in [2.75, 3.05) is 17.8 Å². The standard InChI is InChI=1S/C17H23N7O4/c18-14-11-15(22-17(21-14)23-20-6-9-4-2-1-3-5-9)24(8-19-11)16-13(27)12(26)10(7-25)28-16/h1-2,6,8-10,12-13,16,25-27H,3-5,7H2,(H3,18,21,22,23)/b20-6+/t9?,10-,12-,13-,16?/m1/s1. The van der Waals surface area contributed by atoms with E-state index in [1.165, 1.54) is 10.9 Å². The highest BCUT2D eigenvalue weighted by atomic mass is 16.6. The average Bonchev–Trinajstić information content (AvgIpc) is 3.24. The maximum atomic E-state index is 10.3. The second-order valence-electron chi connectivity index (χ2n) is 6.92. The van der Waals surface area contributed by atoms with Crippen molar-refractivity contribution < 1.29 is 20.1 Å². The third-order valence-corrected chi connectivity index (χ3v) is 5.00. The molecule has 4 rings (SSSR count). The van der Waals surface area contributed by atoms with E-state index in [-0.39, 0.29) is 11.8 Å². The molecule has 6 N–H and O–H groups in total. The van der Waals surface area contributed by atoms with Crippen molar-refractivity contribution in [2.45, 2.75) is 43.8 Å². The molecule has 0 spiro atoms. The molecule has 2 aromatic heterocycles. The minimum absolute atomic E-state index is 0.147. The molecule has 5 atom stereocenters. The lowest BCUT2D eigenvalue weighted by Gasteiger charge is -2.16. The highest BCUT2D eigenvalue weighted by Crippen LogP contribution is 2.32. The third-order valence-electron chi connectivity index (χ3n) is 5.00. The zero-order valence-corrected chi connectivity index (χ0v) is 15.1. The van der Waals surface area contributed by atoms with E-state index in [4.69, 9.17) is 10.5 Å². The number of fused-ring (bicyclic) bond motifs is 1. The molecule has 0 saturated carbocycles. The van der Waals surface area contributed by atoms with E-state index < -0.39 is 31.1 Å². The number of imidazole rings is 1. The maximum absolute atomic E-state index is 10.3. The predicted octanol–water partition coefficient (Wildman–Crippen LogP) is -0.226. The Bertz CT molecular complexity index is 899. The first-order valence-electron chi connectivity index (χ1n) is 9.15. The number of anilines is 2. The van der Waals surface area contributed by atoms with E-state index in [0.29, 0.717) is 17.1 Å². The van der Waals surface area contributed by atoms with E-state index in [0.717, 1.165) is 19.3 Å². The molecule has 3 heterocycles. The lowest BCUT2D eigenvalue weighted by Crippen LogP contribution is -2.33. The number of nitrogens with zero attached hydrogens (tertiary/aromatic N) is 5. The Morgan fingerprint density at radius 3 is 2.89 bits per heavy atom. The summed E-state index contributed by atoms with van der Waals surface area (Å²) in [5.41, 5.74) is 9.42. The van der Waals surface area contributed by atoms with E-state index >= 15 is 0 Å². The molecule has 1 aliphatic carbocycles. The lowest BCUT2D eigenvalue weighted by atomic mass is 9.96. The molecule has 1 saturated heterocycles. The Balaban J connectivity index is 1.58. The molecule has 2 aliphatic rings. The van der Waals surface area contributed by atoms with Crippen LogP contribution in [0.5, 0.6) is 0 Å². The molecule has 0 bridgehead atoms. The SMILES string of the molecule is Nc1nc(N/N=C/C2CC=CCC2)nc2c1ncn2C1O[C@H](CO)[C@@H](O)[C@H]1O. The van der Waals surface area contributed by atoms with E-state index in [1.54, 1.807) is 0 Å². The summed E-state index contributed by atoms with van der Waals surface area (Å²) in [5.74, 6) is 0.693. The molecule has 0 radical (unpaired) electrons. The molecule has 150 valence electrons. The quantitative estimate of drug-likeness (QED) is 0.264. The second kappa shape index (κ2) is 7.80. The lowest BCUT2D eigenvalue weighted by molar-refractivity contribution is -0.0511. The summed E-state index contributed by atoms with van der Waals surface area (Å²) >= 11 is 0. The Hall–Kier alpha value is -2.60. The summed E-state index contributed by atoms with van der Waals surface area (Å²) in [6.07, 6.45) is 6.23. The van der Waals surface area contributed by atoms with Crippen molar-refractivity contribution in [2.24, 2.45) is 11.0 Å². The van der Waals surface area contributed by atoms with Crippen LogP contribution in [-0.4, -0.2) is 66.0 Å². The van der Waals surface area contributed by atoms with Crippen LogP contribution in [0.15, 0.2) is 23.6 Å². The van der Waals surface area contributed by atoms with Crippen LogP contribution in [0.3, 0.4) is 0 Å². The van der Waals surface area contributed by atoms with Crippen molar-refractivity contribution in [3.8, 4) is 0 Å². The Morgan fingerprint density at radius 2 is 2.18 bits per heavy atom. The number of aliphatic hydroxyl groups excluding tert-OH is 3. The fraction of sp³-hybridized carbons (Fsp3) is 0.529. The van der Waals surface area contributed by atoms with Gasteiger partial charge in [0, 0.05) is 6.21 Å². The number of nitrogens with two attached hydrogens (primary N) is 1. The van der Waals surface area contributed by atoms with Gasteiger partial charge >= 0.3 is 0 Å². The fourth-order valence-corrected chi connectivity index (χ4v) is 3.44. The van der Waals surface area contributed by atoms with Crippen LogP contribution in [0.4, 0.5) is 11.8 Å². The zero-order valence-electron chi connectivity index (χ0n) is 15.1. The van der Waals surface area contributed by atoms with Gasteiger partial charge in [0.2, 0.25) is 5.95 Å². The Labute approximate surface area is 160 Å². The molecular weight excluding hydrogens is 366 g/mol. The molecular formula is C17H23N7O4. The van der Waals surface area contributed by atoms with Gasteiger partial charge in [-0.05, 0) is 25.2 Å². The van der Waals surface area contributed by atoms with Gasteiger partial charge in [0.15, 0.2) is 17.7 Å². The van der Waals surface area contributed by atoms with Crippen molar-refractivity contribution in [1.29, 1.82) is 0 Å². The summed E-state index contributed by atoms with van der Waals surface area (Å²) in [6.45, 7) is -0.420. The molecule has 0 amide bonds. The van der Waals surface area contributed by atoms with Gasteiger partial charge in [-0.1, -0.05) is 12.2 Å². The number of hydrogen-bond acceptors (Lipinski definition) is 10. The van der Waals surface area contributed by atoms with E-state index in [2.05, 4.69) is 37.6 Å². The van der Waals surface area contributed by atoms with Crippen LogP contribution in [0.25, 0.3) is 11.2 Å². The highest BCUT2D eigenvalue weighted by molar-refractivity contribution is 5.83. The molecule has 11 nitrogen and oxygen atoms in total. The van der Waals surface area contributed by atoms with Crippen LogP contribution in [0.2, 0.25) is 0 Å². The number of hydrogen-bond donors (Lipinski definition) is 5. The summed E-state index contributed by atoms with van der Waals surface area (Å²) in [5, 5.41) is 33.7. The smallest absolute Gasteiger partial charge is 0.247 e. The summed E-state index contributed by atoms with van der Waals surface area (Å²) in [7, 11) is 0. The monoisotopic (exact) mass is 389 g/mol. The first-order valence-corrected chi connectivity index (χ1v) is 9.15. The molecule has 2 aromatic rings. The Kier molecular flexibility index (Phi) is 5.22. The minimum Gasteiger partial charge on any atom is -0.394 e. The average molecular weight is 389 g/mol. The van der Waals surface area contributed by atoms with Crippen LogP contribution in [-0.2, 0) is 4.74 Å². The van der Waals surface area contributed by atoms with Crippen LogP contribution >= 0.6 is 0 Å². The van der Waals surface area contributed by atoms with Gasteiger partial charge in [-0.15, -0.1) is 0 Å². The van der Waals surface area contributed by atoms with Gasteiger partial charge in [-0.3, -0.25) is 4.57 Å². The van der Waals surface area contributed by atoms with Gasteiger partial charge in [0.05, 0.1) is 12.9 Å². The van der Waals surface area contributed by atoms with Gasteiger partial charge in [-0.25, -0.2) is 10.4 Å². The second-order valence-corrected chi connectivity index (χ2v) is 6.92. The number of rotatable bonds is 5. The number of ether oxygens (including phenoxy) is 1. The molecule has 0 aromatic carbocycles. The van der Waals surface area contributed by atoms with E-state index in [1.807, 2.05) is 6.21 Å². The van der Waals surface area contributed by atoms with Gasteiger partial charge < -0.3 is 25.8 Å². The summed E-state index contributed by atoms with van der Waals surface area (Å²) < 4.78 is 7.00. The Morgan fingerprint density at radius 1 is 1.32 bits per heavy atom. The number of allylic oxidation sites excluding steroid dienone is 2.